The molecule has 1 aliphatic rings. The van der Waals surface area contributed by atoms with Crippen molar-refractivity contribution < 1.29 is 14.3 Å². The smallest absolute Gasteiger partial charge is 0.255 e. The molecule has 7 nitrogen and oxygen atoms in total. The van der Waals surface area contributed by atoms with Crippen molar-refractivity contribution in [2.45, 2.75) is 19.9 Å². The van der Waals surface area contributed by atoms with Crippen molar-refractivity contribution in [3.05, 3.63) is 88.1 Å². The van der Waals surface area contributed by atoms with Crippen LogP contribution in [0.25, 0.3) is 11.0 Å². The highest BCUT2D eigenvalue weighted by Crippen LogP contribution is 2.41. The Morgan fingerprint density at radius 3 is 2.54 bits per heavy atom. The molecule has 0 spiro atoms. The first kappa shape index (κ1) is 22.8. The number of imidazole rings is 1. The summed E-state index contributed by atoms with van der Waals surface area (Å²) in [5.74, 6) is 1.30. The highest BCUT2D eigenvalue weighted by atomic mass is 35.5. The van der Waals surface area contributed by atoms with Crippen LogP contribution >= 0.6 is 11.6 Å². The molecule has 1 aromatic heterocycles. The van der Waals surface area contributed by atoms with Gasteiger partial charge in [0, 0.05) is 17.8 Å². The van der Waals surface area contributed by atoms with Crippen molar-refractivity contribution >= 4 is 40.2 Å². The van der Waals surface area contributed by atoms with E-state index in [1.54, 1.807) is 12.1 Å². The lowest BCUT2D eigenvalue weighted by Gasteiger charge is -2.31. The molecule has 2 heterocycles. The number of para-hydroxylation sites is 2. The predicted octanol–water partition coefficient (Wildman–Crippen LogP) is 5.94. The quantitative estimate of drug-likeness (QED) is 0.363. The summed E-state index contributed by atoms with van der Waals surface area (Å²) in [5, 5.41) is 6.74. The third-order valence-corrected chi connectivity index (χ3v) is 6.45. The van der Waals surface area contributed by atoms with E-state index in [2.05, 4.69) is 21.3 Å². The van der Waals surface area contributed by atoms with Gasteiger partial charge in [-0.1, -0.05) is 53.6 Å². The van der Waals surface area contributed by atoms with E-state index in [9.17, 15) is 4.79 Å². The normalized spacial score (nSPS) is 14.9. The highest BCUT2D eigenvalue weighted by molar-refractivity contribution is 6.32. The third kappa shape index (κ3) is 3.98. The number of hydrogen-bond donors (Lipinski definition) is 2. The monoisotopic (exact) mass is 488 g/mol. The zero-order valence-corrected chi connectivity index (χ0v) is 20.6. The fraction of sp³-hybridized carbons (Fsp3) is 0.185. The first-order valence-electron chi connectivity index (χ1n) is 11.2. The van der Waals surface area contributed by atoms with Crippen LogP contribution in [0, 0.1) is 6.92 Å². The highest BCUT2D eigenvalue weighted by Gasteiger charge is 2.34. The molecular weight excluding hydrogens is 464 g/mol. The fourth-order valence-corrected chi connectivity index (χ4v) is 4.79. The van der Waals surface area contributed by atoms with E-state index >= 15 is 0 Å². The number of amides is 1. The number of carbonyl (C=O) groups excluding carboxylic acids is 1. The third-order valence-electron chi connectivity index (χ3n) is 6.16. The Hall–Kier alpha value is -3.97. The second kappa shape index (κ2) is 9.00. The molecule has 0 saturated carbocycles. The number of ether oxygens (including phenoxy) is 2. The van der Waals surface area contributed by atoms with Gasteiger partial charge in [-0.25, -0.2) is 4.98 Å². The van der Waals surface area contributed by atoms with Gasteiger partial charge >= 0.3 is 0 Å². The lowest BCUT2D eigenvalue weighted by molar-refractivity contribution is -0.113. The summed E-state index contributed by atoms with van der Waals surface area (Å²) in [6, 6.07) is 19.0. The van der Waals surface area contributed by atoms with Crippen LogP contribution in [0.3, 0.4) is 0 Å². The van der Waals surface area contributed by atoms with Gasteiger partial charge in [0.2, 0.25) is 5.95 Å². The van der Waals surface area contributed by atoms with E-state index in [1.807, 2.05) is 56.3 Å². The summed E-state index contributed by atoms with van der Waals surface area (Å²) < 4.78 is 12.9. The molecule has 4 aromatic rings. The van der Waals surface area contributed by atoms with Crippen LogP contribution in [0.1, 0.15) is 24.1 Å². The molecule has 2 N–H and O–H groups in total. The number of hydrogen-bond acceptors (Lipinski definition) is 5. The molecule has 178 valence electrons. The summed E-state index contributed by atoms with van der Waals surface area (Å²) in [6.07, 6.45) is 0. The van der Waals surface area contributed by atoms with Crippen LogP contribution < -0.4 is 20.1 Å². The Morgan fingerprint density at radius 1 is 1.03 bits per heavy atom. The van der Waals surface area contributed by atoms with Crippen LogP contribution in [-0.2, 0) is 4.79 Å². The van der Waals surface area contributed by atoms with Crippen molar-refractivity contribution in [2.24, 2.45) is 0 Å². The maximum absolute atomic E-state index is 13.9. The largest absolute Gasteiger partial charge is 0.495 e. The summed E-state index contributed by atoms with van der Waals surface area (Å²) in [4.78, 5) is 18.7. The second-order valence-electron chi connectivity index (χ2n) is 8.42. The van der Waals surface area contributed by atoms with Gasteiger partial charge in [-0.15, -0.1) is 0 Å². The average Bonchev–Trinajstić information content (AvgIpc) is 3.21. The van der Waals surface area contributed by atoms with Crippen molar-refractivity contribution in [1.29, 1.82) is 0 Å². The average molecular weight is 489 g/mol. The summed E-state index contributed by atoms with van der Waals surface area (Å²) in [5.41, 5.74) is 5.63. The SMILES string of the molecule is COc1cc(NC(=O)C2=C(C)Nc3nc4ccccc4n3[C@@H]2c2cccc(C)c2)c(OC)cc1Cl. The number of fused-ring (bicyclic) bond motifs is 3. The lowest BCUT2D eigenvalue weighted by Crippen LogP contribution is -2.31. The molecule has 5 rings (SSSR count). The molecular formula is C27H25ClN4O3. The van der Waals surface area contributed by atoms with E-state index in [-0.39, 0.29) is 5.91 Å². The summed E-state index contributed by atoms with van der Waals surface area (Å²) >= 11 is 6.26. The number of halogens is 1. The van der Waals surface area contributed by atoms with E-state index < -0.39 is 6.04 Å². The van der Waals surface area contributed by atoms with Crippen molar-refractivity contribution in [3.63, 3.8) is 0 Å². The standard InChI is InChI=1S/C27H25ClN4O3/c1-15-8-7-9-17(12-15)25-24(16(2)29-27-31-19-10-5-6-11-21(19)32(25)27)26(33)30-20-14-22(34-3)18(28)13-23(20)35-4/h5-14,25H,1-4H3,(H,29,31)(H,30,33)/t25-/m1/s1. The molecule has 0 radical (unpaired) electrons. The lowest BCUT2D eigenvalue weighted by atomic mass is 9.93. The number of aromatic nitrogens is 2. The van der Waals surface area contributed by atoms with Crippen molar-refractivity contribution in [2.75, 3.05) is 24.9 Å². The molecule has 0 saturated heterocycles. The van der Waals surface area contributed by atoms with Gasteiger partial charge in [0.25, 0.3) is 5.91 Å². The maximum Gasteiger partial charge on any atom is 0.255 e. The number of anilines is 2. The molecule has 0 fully saturated rings. The van der Waals surface area contributed by atoms with Gasteiger partial charge in [0.05, 0.1) is 47.6 Å². The van der Waals surface area contributed by atoms with Gasteiger partial charge in [0.15, 0.2) is 0 Å². The molecule has 0 unspecified atom stereocenters. The number of aryl methyl sites for hydroxylation is 1. The second-order valence-corrected chi connectivity index (χ2v) is 8.82. The molecule has 1 amide bonds. The predicted molar refractivity (Wildman–Crippen MR) is 139 cm³/mol. The topological polar surface area (TPSA) is 77.4 Å². The fourth-order valence-electron chi connectivity index (χ4n) is 4.56. The first-order valence-corrected chi connectivity index (χ1v) is 11.5. The Balaban J connectivity index is 1.65. The van der Waals surface area contributed by atoms with Crippen LogP contribution in [0.15, 0.2) is 71.9 Å². The van der Waals surface area contributed by atoms with Crippen molar-refractivity contribution in [1.82, 2.24) is 9.55 Å². The Kier molecular flexibility index (Phi) is 5.86. The van der Waals surface area contributed by atoms with Gasteiger partial charge in [0.1, 0.15) is 11.5 Å². The van der Waals surface area contributed by atoms with Crippen LogP contribution in [0.5, 0.6) is 11.5 Å². The number of methoxy groups -OCH3 is 2. The number of rotatable bonds is 5. The van der Waals surface area contributed by atoms with Gasteiger partial charge in [-0.2, -0.15) is 0 Å². The summed E-state index contributed by atoms with van der Waals surface area (Å²) in [7, 11) is 3.05. The molecule has 3 aromatic carbocycles. The van der Waals surface area contributed by atoms with Crippen LogP contribution in [0.4, 0.5) is 11.6 Å². The van der Waals surface area contributed by atoms with Gasteiger partial charge in [-0.3, -0.25) is 9.36 Å². The maximum atomic E-state index is 13.9. The molecule has 0 bridgehead atoms. The van der Waals surface area contributed by atoms with Crippen molar-refractivity contribution in [3.8, 4) is 11.5 Å². The van der Waals surface area contributed by atoms with E-state index in [4.69, 9.17) is 26.1 Å². The zero-order valence-electron chi connectivity index (χ0n) is 19.8. The first-order chi connectivity index (χ1) is 16.9. The Bertz CT molecular complexity index is 1490. The number of carbonyl (C=O) groups is 1. The van der Waals surface area contributed by atoms with E-state index in [1.165, 1.54) is 14.2 Å². The Labute approximate surface area is 208 Å². The molecule has 1 aliphatic heterocycles. The van der Waals surface area contributed by atoms with E-state index in [0.29, 0.717) is 33.7 Å². The van der Waals surface area contributed by atoms with Crippen LogP contribution in [-0.4, -0.2) is 29.7 Å². The van der Waals surface area contributed by atoms with Crippen LogP contribution in [0.2, 0.25) is 5.02 Å². The molecule has 8 heteroatoms. The molecule has 35 heavy (non-hydrogen) atoms. The molecule has 0 aliphatic carbocycles. The number of nitrogens with one attached hydrogen (secondary N) is 2. The Morgan fingerprint density at radius 2 is 1.80 bits per heavy atom. The molecule has 1 atom stereocenters. The number of benzene rings is 3. The van der Waals surface area contributed by atoms with Gasteiger partial charge in [-0.05, 0) is 31.5 Å². The minimum absolute atomic E-state index is 0.271. The summed E-state index contributed by atoms with van der Waals surface area (Å²) in [6.45, 7) is 3.93. The van der Waals surface area contributed by atoms with Gasteiger partial charge < -0.3 is 20.1 Å². The zero-order chi connectivity index (χ0) is 24.7. The minimum Gasteiger partial charge on any atom is -0.495 e. The number of nitrogens with zero attached hydrogens (tertiary/aromatic N) is 2. The number of allylic oxidation sites excluding steroid dienone is 1. The minimum atomic E-state index is -0.390. The van der Waals surface area contributed by atoms with E-state index in [0.717, 1.165) is 27.9 Å².